The highest BCUT2D eigenvalue weighted by molar-refractivity contribution is 9.10. The number of halogens is 1. The van der Waals surface area contributed by atoms with Crippen molar-refractivity contribution in [1.29, 1.82) is 0 Å². The molecule has 0 heterocycles. The summed E-state index contributed by atoms with van der Waals surface area (Å²) < 4.78 is 1.14. The number of nitrogens with two attached hydrogens (primary N) is 1. The zero-order chi connectivity index (χ0) is 10.9. The number of benzene rings is 1. The molecule has 2 heteroatoms. The molecule has 1 saturated carbocycles. The molecule has 0 saturated heterocycles. The smallest absolute Gasteiger partial charge is 0.0412 e. The van der Waals surface area contributed by atoms with Crippen molar-refractivity contribution in [1.82, 2.24) is 0 Å². The Bertz CT molecular complexity index is 354. The fourth-order valence-corrected chi connectivity index (χ4v) is 2.94. The normalized spacial score (nSPS) is 20.2. The Balaban J connectivity index is 2.38. The van der Waals surface area contributed by atoms with Crippen molar-refractivity contribution in [3.8, 4) is 0 Å². The van der Waals surface area contributed by atoms with Gasteiger partial charge in [0.2, 0.25) is 0 Å². The fraction of sp³-hybridized carbons (Fsp3) is 0.538. The Morgan fingerprint density at radius 1 is 1.20 bits per heavy atom. The van der Waals surface area contributed by atoms with Gasteiger partial charge in [0.05, 0.1) is 0 Å². The van der Waals surface area contributed by atoms with Crippen LogP contribution in [0.2, 0.25) is 0 Å². The third kappa shape index (κ3) is 2.26. The average molecular weight is 268 g/mol. The van der Waals surface area contributed by atoms with Gasteiger partial charge in [-0.05, 0) is 43.0 Å². The minimum Gasteiger partial charge on any atom is -0.321 e. The monoisotopic (exact) mass is 267 g/mol. The van der Waals surface area contributed by atoms with Gasteiger partial charge >= 0.3 is 0 Å². The Kier molecular flexibility index (Phi) is 3.17. The second-order valence-electron chi connectivity index (χ2n) is 4.68. The molecule has 1 aliphatic carbocycles. The average Bonchev–Trinajstić information content (AvgIpc) is 2.23. The standard InChI is InChI=1S/C13H18BrN/c1-10-5-6-11(14)9-12(10)13(15)7-3-2-4-8-13/h5-6,9H,2-4,7-8,15H2,1H3. The highest BCUT2D eigenvalue weighted by Crippen LogP contribution is 2.37. The molecule has 0 unspecified atom stereocenters. The van der Waals surface area contributed by atoms with E-state index < -0.39 is 0 Å². The molecule has 0 amide bonds. The van der Waals surface area contributed by atoms with E-state index >= 15 is 0 Å². The second kappa shape index (κ2) is 4.26. The highest BCUT2D eigenvalue weighted by atomic mass is 79.9. The molecule has 0 atom stereocenters. The van der Waals surface area contributed by atoms with E-state index in [-0.39, 0.29) is 5.54 Å². The van der Waals surface area contributed by atoms with Crippen molar-refractivity contribution in [2.75, 3.05) is 0 Å². The first-order valence-corrected chi connectivity index (χ1v) is 6.47. The molecule has 0 spiro atoms. The molecule has 0 radical (unpaired) electrons. The molecular formula is C13H18BrN. The van der Waals surface area contributed by atoms with E-state index in [2.05, 4.69) is 41.1 Å². The third-order valence-corrected chi connectivity index (χ3v) is 3.98. The summed E-state index contributed by atoms with van der Waals surface area (Å²) >= 11 is 3.53. The summed E-state index contributed by atoms with van der Waals surface area (Å²) in [6, 6.07) is 6.44. The summed E-state index contributed by atoms with van der Waals surface area (Å²) in [6.45, 7) is 2.16. The van der Waals surface area contributed by atoms with Crippen molar-refractivity contribution >= 4 is 15.9 Å². The lowest BCUT2D eigenvalue weighted by Crippen LogP contribution is -2.39. The van der Waals surface area contributed by atoms with Crippen molar-refractivity contribution in [2.45, 2.75) is 44.6 Å². The summed E-state index contributed by atoms with van der Waals surface area (Å²) in [4.78, 5) is 0. The van der Waals surface area contributed by atoms with Gasteiger partial charge in [0.15, 0.2) is 0 Å². The molecule has 0 bridgehead atoms. The van der Waals surface area contributed by atoms with Crippen LogP contribution in [0.15, 0.2) is 22.7 Å². The van der Waals surface area contributed by atoms with E-state index in [4.69, 9.17) is 5.73 Å². The van der Waals surface area contributed by atoms with Crippen molar-refractivity contribution in [3.05, 3.63) is 33.8 Å². The van der Waals surface area contributed by atoms with Gasteiger partial charge in [0, 0.05) is 10.0 Å². The maximum atomic E-state index is 6.53. The Labute approximate surface area is 100 Å². The number of hydrogen-bond acceptors (Lipinski definition) is 1. The van der Waals surface area contributed by atoms with Crippen LogP contribution < -0.4 is 5.73 Å². The first kappa shape index (κ1) is 11.2. The van der Waals surface area contributed by atoms with Crippen LogP contribution in [0, 0.1) is 6.92 Å². The molecule has 1 aliphatic rings. The van der Waals surface area contributed by atoms with Crippen LogP contribution >= 0.6 is 15.9 Å². The van der Waals surface area contributed by atoms with Crippen LogP contribution in [0.4, 0.5) is 0 Å². The summed E-state index contributed by atoms with van der Waals surface area (Å²) in [5.74, 6) is 0. The molecule has 15 heavy (non-hydrogen) atoms. The summed E-state index contributed by atoms with van der Waals surface area (Å²) in [7, 11) is 0. The Morgan fingerprint density at radius 3 is 2.53 bits per heavy atom. The van der Waals surface area contributed by atoms with E-state index in [1.54, 1.807) is 0 Å². The van der Waals surface area contributed by atoms with Gasteiger partial charge < -0.3 is 5.73 Å². The first-order chi connectivity index (χ1) is 7.12. The first-order valence-electron chi connectivity index (χ1n) is 5.67. The number of rotatable bonds is 1. The molecule has 82 valence electrons. The van der Waals surface area contributed by atoms with Gasteiger partial charge in [0.25, 0.3) is 0 Å². The lowest BCUT2D eigenvalue weighted by Gasteiger charge is -2.35. The topological polar surface area (TPSA) is 26.0 Å². The van der Waals surface area contributed by atoms with E-state index in [9.17, 15) is 0 Å². The molecule has 0 aliphatic heterocycles. The predicted molar refractivity (Wildman–Crippen MR) is 67.8 cm³/mol. The van der Waals surface area contributed by atoms with Crippen LogP contribution in [0.5, 0.6) is 0 Å². The molecule has 2 rings (SSSR count). The third-order valence-electron chi connectivity index (χ3n) is 3.48. The lowest BCUT2D eigenvalue weighted by molar-refractivity contribution is 0.301. The highest BCUT2D eigenvalue weighted by Gasteiger charge is 2.30. The zero-order valence-corrected chi connectivity index (χ0v) is 10.8. The van der Waals surface area contributed by atoms with Crippen LogP contribution in [0.3, 0.4) is 0 Å². The largest absolute Gasteiger partial charge is 0.321 e. The van der Waals surface area contributed by atoms with E-state index in [0.717, 1.165) is 17.3 Å². The van der Waals surface area contributed by atoms with Crippen LogP contribution in [0.25, 0.3) is 0 Å². The zero-order valence-electron chi connectivity index (χ0n) is 9.22. The minimum atomic E-state index is -0.0773. The van der Waals surface area contributed by atoms with Gasteiger partial charge in [-0.25, -0.2) is 0 Å². The van der Waals surface area contributed by atoms with Crippen LogP contribution in [-0.4, -0.2) is 0 Å². The molecule has 1 nitrogen and oxygen atoms in total. The summed E-state index contributed by atoms with van der Waals surface area (Å²) in [5.41, 5.74) is 9.10. The number of aryl methyl sites for hydroxylation is 1. The SMILES string of the molecule is Cc1ccc(Br)cc1C1(N)CCCCC1. The Hall–Kier alpha value is -0.340. The van der Waals surface area contributed by atoms with Crippen molar-refractivity contribution in [3.63, 3.8) is 0 Å². The van der Waals surface area contributed by atoms with Crippen molar-refractivity contribution < 1.29 is 0 Å². The summed E-state index contributed by atoms with van der Waals surface area (Å²) in [6.07, 6.45) is 6.13. The predicted octanol–water partition coefficient (Wildman–Crippen LogP) is 3.88. The molecule has 1 aromatic carbocycles. The molecule has 2 N–H and O–H groups in total. The van der Waals surface area contributed by atoms with Gasteiger partial charge in [-0.1, -0.05) is 41.3 Å². The van der Waals surface area contributed by atoms with E-state index in [1.165, 1.54) is 30.4 Å². The Morgan fingerprint density at radius 2 is 1.87 bits per heavy atom. The maximum Gasteiger partial charge on any atom is 0.0412 e. The second-order valence-corrected chi connectivity index (χ2v) is 5.59. The van der Waals surface area contributed by atoms with Crippen molar-refractivity contribution in [2.24, 2.45) is 5.73 Å². The lowest BCUT2D eigenvalue weighted by atomic mass is 9.76. The summed E-state index contributed by atoms with van der Waals surface area (Å²) in [5, 5.41) is 0. The molecule has 1 aromatic rings. The van der Waals surface area contributed by atoms with Gasteiger partial charge in [0.1, 0.15) is 0 Å². The maximum absolute atomic E-state index is 6.53. The van der Waals surface area contributed by atoms with Gasteiger partial charge in [-0.15, -0.1) is 0 Å². The quantitative estimate of drug-likeness (QED) is 0.821. The minimum absolute atomic E-state index is 0.0773. The number of hydrogen-bond donors (Lipinski definition) is 1. The van der Waals surface area contributed by atoms with Gasteiger partial charge in [-0.3, -0.25) is 0 Å². The van der Waals surface area contributed by atoms with Crippen LogP contribution in [0.1, 0.15) is 43.2 Å². The van der Waals surface area contributed by atoms with Gasteiger partial charge in [-0.2, -0.15) is 0 Å². The molecular weight excluding hydrogens is 250 g/mol. The van der Waals surface area contributed by atoms with E-state index in [0.29, 0.717) is 0 Å². The van der Waals surface area contributed by atoms with E-state index in [1.807, 2.05) is 0 Å². The molecule has 1 fully saturated rings. The molecule has 0 aromatic heterocycles. The fourth-order valence-electron chi connectivity index (χ4n) is 2.58. The van der Waals surface area contributed by atoms with Crippen LogP contribution in [-0.2, 0) is 5.54 Å².